The highest BCUT2D eigenvalue weighted by molar-refractivity contribution is 6.29. The van der Waals surface area contributed by atoms with Crippen molar-refractivity contribution in [1.82, 2.24) is 15.1 Å². The molecular weight excluding hydrogens is 222 g/mol. The number of rotatable bonds is 5. The van der Waals surface area contributed by atoms with Crippen LogP contribution in [-0.2, 0) is 6.54 Å². The first-order chi connectivity index (χ1) is 7.75. The minimum absolute atomic E-state index is 0.622. The zero-order valence-corrected chi connectivity index (χ0v) is 10.2. The van der Waals surface area contributed by atoms with Gasteiger partial charge >= 0.3 is 0 Å². The number of hydrogen-bond acceptors (Lipinski definition) is 2. The highest BCUT2D eigenvalue weighted by atomic mass is 35.5. The summed E-state index contributed by atoms with van der Waals surface area (Å²) in [6.45, 7) is 5.02. The third-order valence-electron chi connectivity index (χ3n) is 2.99. The van der Waals surface area contributed by atoms with Crippen LogP contribution >= 0.6 is 11.6 Å². The fourth-order valence-electron chi connectivity index (χ4n) is 2.17. The SMILES string of the molecule is C=C(Cl)CNCc1ccn(C2CCCC2)n1. The Morgan fingerprint density at radius 3 is 3.00 bits per heavy atom. The minimum atomic E-state index is 0.622. The quantitative estimate of drug-likeness (QED) is 0.857. The van der Waals surface area contributed by atoms with Gasteiger partial charge in [-0.1, -0.05) is 31.0 Å². The van der Waals surface area contributed by atoms with Gasteiger partial charge in [-0.05, 0) is 18.9 Å². The lowest BCUT2D eigenvalue weighted by Crippen LogP contribution is -2.15. The van der Waals surface area contributed by atoms with E-state index in [-0.39, 0.29) is 0 Å². The van der Waals surface area contributed by atoms with Crippen LogP contribution in [0.4, 0.5) is 0 Å². The van der Waals surface area contributed by atoms with Crippen molar-refractivity contribution >= 4 is 11.6 Å². The van der Waals surface area contributed by atoms with E-state index in [1.807, 2.05) is 0 Å². The molecular formula is C12H18ClN3. The molecule has 0 atom stereocenters. The maximum atomic E-state index is 5.67. The monoisotopic (exact) mass is 239 g/mol. The Kier molecular flexibility index (Phi) is 4.02. The summed E-state index contributed by atoms with van der Waals surface area (Å²) in [4.78, 5) is 0. The molecule has 4 heteroatoms. The van der Waals surface area contributed by atoms with Gasteiger partial charge in [-0.3, -0.25) is 4.68 Å². The minimum Gasteiger partial charge on any atom is -0.306 e. The van der Waals surface area contributed by atoms with Gasteiger partial charge < -0.3 is 5.32 Å². The van der Waals surface area contributed by atoms with E-state index in [9.17, 15) is 0 Å². The number of aromatic nitrogens is 2. The van der Waals surface area contributed by atoms with Crippen molar-refractivity contribution in [2.75, 3.05) is 6.54 Å². The average Bonchev–Trinajstić information content (AvgIpc) is 2.85. The molecule has 1 aliphatic carbocycles. The summed E-state index contributed by atoms with van der Waals surface area (Å²) in [5, 5.41) is 8.40. The van der Waals surface area contributed by atoms with Crippen molar-refractivity contribution in [2.45, 2.75) is 38.3 Å². The van der Waals surface area contributed by atoms with Gasteiger partial charge in [-0.15, -0.1) is 0 Å². The summed E-state index contributed by atoms with van der Waals surface area (Å²) in [7, 11) is 0. The fourth-order valence-corrected chi connectivity index (χ4v) is 2.26. The first-order valence-electron chi connectivity index (χ1n) is 5.84. The van der Waals surface area contributed by atoms with E-state index in [0.29, 0.717) is 17.6 Å². The highest BCUT2D eigenvalue weighted by Crippen LogP contribution is 2.28. The first kappa shape index (κ1) is 11.7. The highest BCUT2D eigenvalue weighted by Gasteiger charge is 2.17. The predicted molar refractivity (Wildman–Crippen MR) is 66.4 cm³/mol. The molecule has 0 amide bonds. The summed E-state index contributed by atoms with van der Waals surface area (Å²) in [5.41, 5.74) is 1.07. The molecule has 0 spiro atoms. The zero-order chi connectivity index (χ0) is 11.4. The van der Waals surface area contributed by atoms with E-state index >= 15 is 0 Å². The number of halogens is 1. The Hall–Kier alpha value is -0.800. The van der Waals surface area contributed by atoms with Crippen LogP contribution < -0.4 is 5.32 Å². The molecule has 0 radical (unpaired) electrons. The van der Waals surface area contributed by atoms with Crippen molar-refractivity contribution in [3.05, 3.63) is 29.6 Å². The number of nitrogens with one attached hydrogen (secondary N) is 1. The molecule has 0 aromatic carbocycles. The Bertz CT molecular complexity index is 353. The van der Waals surface area contributed by atoms with Crippen LogP contribution in [0.2, 0.25) is 0 Å². The van der Waals surface area contributed by atoms with Gasteiger partial charge in [-0.2, -0.15) is 5.10 Å². The third kappa shape index (κ3) is 3.09. The van der Waals surface area contributed by atoms with E-state index in [4.69, 9.17) is 11.6 Å². The van der Waals surface area contributed by atoms with Crippen molar-refractivity contribution in [2.24, 2.45) is 0 Å². The summed E-state index contributed by atoms with van der Waals surface area (Å²) in [6, 6.07) is 2.69. The summed E-state index contributed by atoms with van der Waals surface area (Å²) < 4.78 is 2.11. The van der Waals surface area contributed by atoms with Crippen molar-refractivity contribution < 1.29 is 0 Å². The summed E-state index contributed by atoms with van der Waals surface area (Å²) in [6.07, 6.45) is 7.30. The van der Waals surface area contributed by atoms with Gasteiger partial charge in [0.15, 0.2) is 0 Å². The van der Waals surface area contributed by atoms with Crippen molar-refractivity contribution in [1.29, 1.82) is 0 Å². The smallest absolute Gasteiger partial charge is 0.0762 e. The lowest BCUT2D eigenvalue weighted by Gasteiger charge is -2.08. The number of nitrogens with zero attached hydrogens (tertiary/aromatic N) is 2. The fraction of sp³-hybridized carbons (Fsp3) is 0.583. The van der Waals surface area contributed by atoms with E-state index in [1.54, 1.807) is 0 Å². The number of hydrogen-bond donors (Lipinski definition) is 1. The lowest BCUT2D eigenvalue weighted by molar-refractivity contribution is 0.461. The normalized spacial score (nSPS) is 16.8. The van der Waals surface area contributed by atoms with Gasteiger partial charge in [-0.25, -0.2) is 0 Å². The van der Waals surface area contributed by atoms with Gasteiger partial charge in [0.25, 0.3) is 0 Å². The maximum absolute atomic E-state index is 5.67. The average molecular weight is 240 g/mol. The van der Waals surface area contributed by atoms with Crippen molar-refractivity contribution in [3.8, 4) is 0 Å². The van der Waals surface area contributed by atoms with Crippen LogP contribution in [-0.4, -0.2) is 16.3 Å². The molecule has 0 aliphatic heterocycles. The predicted octanol–water partition coefficient (Wildman–Crippen LogP) is 2.84. The van der Waals surface area contributed by atoms with Crippen LogP contribution in [0.25, 0.3) is 0 Å². The molecule has 3 nitrogen and oxygen atoms in total. The Morgan fingerprint density at radius 2 is 2.31 bits per heavy atom. The van der Waals surface area contributed by atoms with Gasteiger partial charge in [0.05, 0.1) is 11.7 Å². The van der Waals surface area contributed by atoms with E-state index < -0.39 is 0 Å². The van der Waals surface area contributed by atoms with E-state index in [0.717, 1.165) is 12.2 Å². The van der Waals surface area contributed by atoms with E-state index in [1.165, 1.54) is 25.7 Å². The second-order valence-electron chi connectivity index (χ2n) is 4.35. The molecule has 1 aromatic rings. The first-order valence-corrected chi connectivity index (χ1v) is 6.21. The van der Waals surface area contributed by atoms with Crippen LogP contribution in [0.1, 0.15) is 37.4 Å². The molecule has 2 rings (SSSR count). The van der Waals surface area contributed by atoms with Crippen LogP contribution in [0.5, 0.6) is 0 Å². The third-order valence-corrected chi connectivity index (χ3v) is 3.12. The molecule has 1 saturated carbocycles. The Morgan fingerprint density at radius 1 is 1.56 bits per heavy atom. The van der Waals surface area contributed by atoms with Crippen LogP contribution in [0.15, 0.2) is 23.9 Å². The molecule has 0 saturated heterocycles. The molecule has 0 bridgehead atoms. The maximum Gasteiger partial charge on any atom is 0.0762 e. The topological polar surface area (TPSA) is 29.9 Å². The van der Waals surface area contributed by atoms with Crippen LogP contribution in [0.3, 0.4) is 0 Å². The standard InChI is InChI=1S/C12H18ClN3/c1-10(13)8-14-9-11-6-7-16(15-11)12-4-2-3-5-12/h6-7,12,14H,1-5,8-9H2. The molecule has 1 N–H and O–H groups in total. The lowest BCUT2D eigenvalue weighted by atomic mass is 10.3. The second kappa shape index (κ2) is 5.51. The van der Waals surface area contributed by atoms with Crippen molar-refractivity contribution in [3.63, 3.8) is 0 Å². The van der Waals surface area contributed by atoms with Gasteiger partial charge in [0, 0.05) is 24.3 Å². The van der Waals surface area contributed by atoms with E-state index in [2.05, 4.69) is 33.9 Å². The molecule has 0 unspecified atom stereocenters. The van der Waals surface area contributed by atoms with Gasteiger partial charge in [0.1, 0.15) is 0 Å². The Balaban J connectivity index is 1.84. The largest absolute Gasteiger partial charge is 0.306 e. The van der Waals surface area contributed by atoms with Gasteiger partial charge in [0.2, 0.25) is 0 Å². The summed E-state index contributed by atoms with van der Waals surface area (Å²) in [5.74, 6) is 0. The molecule has 88 valence electrons. The molecule has 16 heavy (non-hydrogen) atoms. The molecule has 1 aromatic heterocycles. The molecule has 1 aliphatic rings. The molecule has 1 heterocycles. The second-order valence-corrected chi connectivity index (χ2v) is 4.88. The van der Waals surface area contributed by atoms with Crippen LogP contribution in [0, 0.1) is 0 Å². The molecule has 1 fully saturated rings. The Labute approximate surface area is 101 Å². The summed E-state index contributed by atoms with van der Waals surface area (Å²) >= 11 is 5.67. The zero-order valence-electron chi connectivity index (χ0n) is 9.45.